The van der Waals surface area contributed by atoms with E-state index in [2.05, 4.69) is 26.0 Å². The lowest BCUT2D eigenvalue weighted by molar-refractivity contribution is -0.384. The summed E-state index contributed by atoms with van der Waals surface area (Å²) in [4.78, 5) is 22.5. The van der Waals surface area contributed by atoms with Crippen LogP contribution < -0.4 is 10.0 Å². The van der Waals surface area contributed by atoms with Gasteiger partial charge in [-0.2, -0.15) is 0 Å². The molecule has 0 radical (unpaired) electrons. The van der Waals surface area contributed by atoms with Crippen molar-refractivity contribution in [1.82, 2.24) is 0 Å². The molecular formula is C19H14BrN3O5S. The highest BCUT2D eigenvalue weighted by Gasteiger charge is 2.15. The molecule has 0 fully saturated rings. The maximum absolute atomic E-state index is 12.5. The van der Waals surface area contributed by atoms with E-state index in [9.17, 15) is 23.3 Å². The smallest absolute Gasteiger partial charge is 0.270 e. The average Bonchev–Trinajstić information content (AvgIpc) is 2.70. The normalized spacial score (nSPS) is 10.9. The molecule has 1 amide bonds. The van der Waals surface area contributed by atoms with Crippen LogP contribution in [0.5, 0.6) is 0 Å². The van der Waals surface area contributed by atoms with Crippen molar-refractivity contribution >= 4 is 48.9 Å². The fraction of sp³-hybridized carbons (Fsp3) is 0. The number of non-ortho nitro benzene ring substituents is 1. The van der Waals surface area contributed by atoms with Gasteiger partial charge >= 0.3 is 0 Å². The summed E-state index contributed by atoms with van der Waals surface area (Å²) in [7, 11) is -3.79. The fourth-order valence-electron chi connectivity index (χ4n) is 2.41. The van der Waals surface area contributed by atoms with Crippen LogP contribution in [0.15, 0.2) is 82.2 Å². The number of anilines is 2. The molecule has 0 saturated heterocycles. The van der Waals surface area contributed by atoms with E-state index in [1.165, 1.54) is 42.5 Å². The van der Waals surface area contributed by atoms with Crippen LogP contribution in [0.25, 0.3) is 0 Å². The van der Waals surface area contributed by atoms with E-state index >= 15 is 0 Å². The number of nitro groups is 1. The molecule has 3 aromatic rings. The van der Waals surface area contributed by atoms with Crippen molar-refractivity contribution in [3.8, 4) is 0 Å². The molecular weight excluding hydrogens is 462 g/mol. The van der Waals surface area contributed by atoms with Crippen molar-refractivity contribution in [2.45, 2.75) is 4.90 Å². The van der Waals surface area contributed by atoms with Gasteiger partial charge in [-0.1, -0.05) is 22.0 Å². The Hall–Kier alpha value is -3.24. The van der Waals surface area contributed by atoms with Gasteiger partial charge in [0.1, 0.15) is 0 Å². The highest BCUT2D eigenvalue weighted by atomic mass is 79.9. The van der Waals surface area contributed by atoms with Crippen LogP contribution in [0, 0.1) is 10.1 Å². The topological polar surface area (TPSA) is 118 Å². The molecule has 3 rings (SSSR count). The first-order valence-electron chi connectivity index (χ1n) is 8.19. The third kappa shape index (κ3) is 5.18. The second kappa shape index (κ2) is 8.41. The number of halogens is 1. The summed E-state index contributed by atoms with van der Waals surface area (Å²) in [6.45, 7) is 0. The summed E-state index contributed by atoms with van der Waals surface area (Å²) >= 11 is 3.28. The van der Waals surface area contributed by atoms with Crippen LogP contribution in [-0.2, 0) is 10.0 Å². The lowest BCUT2D eigenvalue weighted by atomic mass is 10.2. The number of hydrogen-bond donors (Lipinski definition) is 2. The van der Waals surface area contributed by atoms with Crippen LogP contribution in [0.4, 0.5) is 17.1 Å². The minimum atomic E-state index is -3.79. The first-order chi connectivity index (χ1) is 13.7. The lowest BCUT2D eigenvalue weighted by Gasteiger charge is -2.10. The van der Waals surface area contributed by atoms with Crippen LogP contribution >= 0.6 is 15.9 Å². The predicted molar refractivity (Wildman–Crippen MR) is 112 cm³/mol. The second-order valence-corrected chi connectivity index (χ2v) is 8.50. The monoisotopic (exact) mass is 475 g/mol. The van der Waals surface area contributed by atoms with Gasteiger partial charge in [0.05, 0.1) is 9.82 Å². The molecule has 148 valence electrons. The summed E-state index contributed by atoms with van der Waals surface area (Å²) in [5.74, 6) is -0.544. The SMILES string of the molecule is O=C(Nc1ccc(S(=O)(=O)Nc2ccc(Br)cc2)cc1)c1cccc([N+](=O)[O-])c1. The fourth-order valence-corrected chi connectivity index (χ4v) is 3.74. The first-order valence-corrected chi connectivity index (χ1v) is 10.5. The highest BCUT2D eigenvalue weighted by molar-refractivity contribution is 9.10. The summed E-state index contributed by atoms with van der Waals surface area (Å²) in [5.41, 5.74) is 0.686. The number of carbonyl (C=O) groups is 1. The molecule has 0 unspecified atom stereocenters. The molecule has 8 nitrogen and oxygen atoms in total. The summed E-state index contributed by atoms with van der Waals surface area (Å²) in [5, 5.41) is 13.4. The van der Waals surface area contributed by atoms with E-state index in [1.807, 2.05) is 0 Å². The molecule has 2 N–H and O–H groups in total. The largest absolute Gasteiger partial charge is 0.322 e. The molecule has 0 bridgehead atoms. The number of nitrogens with one attached hydrogen (secondary N) is 2. The van der Waals surface area contributed by atoms with Crippen molar-refractivity contribution in [2.75, 3.05) is 10.0 Å². The zero-order valence-corrected chi connectivity index (χ0v) is 17.1. The number of nitro benzene ring substituents is 1. The number of benzene rings is 3. The Balaban J connectivity index is 1.72. The van der Waals surface area contributed by atoms with Crippen molar-refractivity contribution < 1.29 is 18.1 Å². The number of sulfonamides is 1. The van der Waals surface area contributed by atoms with Crippen LogP contribution in [0.1, 0.15) is 10.4 Å². The summed E-state index contributed by atoms with van der Waals surface area (Å²) < 4.78 is 28.2. The standard InChI is InChI=1S/C19H14BrN3O5S/c20-14-4-6-16(7-5-14)22-29(27,28)18-10-8-15(9-11-18)21-19(24)13-2-1-3-17(12-13)23(25)26/h1-12,22H,(H,21,24). The Labute approximate surface area is 174 Å². The highest BCUT2D eigenvalue weighted by Crippen LogP contribution is 2.21. The van der Waals surface area contributed by atoms with Gasteiger partial charge < -0.3 is 5.32 Å². The molecule has 0 aromatic heterocycles. The van der Waals surface area contributed by atoms with Crippen molar-refractivity contribution in [3.05, 3.63) is 92.9 Å². The summed E-state index contributed by atoms with van der Waals surface area (Å²) in [6.07, 6.45) is 0. The van der Waals surface area contributed by atoms with E-state index in [0.717, 1.165) is 10.5 Å². The zero-order valence-electron chi connectivity index (χ0n) is 14.7. The third-order valence-corrected chi connectivity index (χ3v) is 5.76. The first kappa shape index (κ1) is 20.5. The van der Waals surface area contributed by atoms with E-state index in [4.69, 9.17) is 0 Å². The molecule has 0 atom stereocenters. The van der Waals surface area contributed by atoms with Crippen molar-refractivity contribution in [3.63, 3.8) is 0 Å². The van der Waals surface area contributed by atoms with Gasteiger partial charge in [0, 0.05) is 33.5 Å². The van der Waals surface area contributed by atoms with Gasteiger partial charge in [-0.3, -0.25) is 19.6 Å². The number of carbonyl (C=O) groups excluding carboxylic acids is 1. The van der Waals surface area contributed by atoms with E-state index < -0.39 is 20.9 Å². The van der Waals surface area contributed by atoms with Gasteiger partial charge in [0.25, 0.3) is 21.6 Å². The van der Waals surface area contributed by atoms with E-state index in [1.54, 1.807) is 24.3 Å². The number of rotatable bonds is 6. The maximum Gasteiger partial charge on any atom is 0.270 e. The maximum atomic E-state index is 12.5. The average molecular weight is 476 g/mol. The Morgan fingerprint density at radius 3 is 2.17 bits per heavy atom. The third-order valence-electron chi connectivity index (χ3n) is 3.84. The van der Waals surface area contributed by atoms with Gasteiger partial charge in [-0.05, 0) is 54.6 Å². The molecule has 0 saturated carbocycles. The lowest BCUT2D eigenvalue weighted by Crippen LogP contribution is -2.14. The Bertz CT molecular complexity index is 1160. The molecule has 0 aliphatic rings. The van der Waals surface area contributed by atoms with Gasteiger partial charge in [0.2, 0.25) is 0 Å². The zero-order chi connectivity index (χ0) is 21.0. The Kier molecular flexibility index (Phi) is 5.95. The van der Waals surface area contributed by atoms with E-state index in [-0.39, 0.29) is 16.1 Å². The van der Waals surface area contributed by atoms with Crippen LogP contribution in [0.3, 0.4) is 0 Å². The van der Waals surface area contributed by atoms with Gasteiger partial charge in [0.15, 0.2) is 0 Å². The second-order valence-electron chi connectivity index (χ2n) is 5.90. The van der Waals surface area contributed by atoms with Crippen LogP contribution in [0.2, 0.25) is 0 Å². The minimum Gasteiger partial charge on any atom is -0.322 e. The number of hydrogen-bond acceptors (Lipinski definition) is 5. The Morgan fingerprint density at radius 2 is 1.55 bits per heavy atom. The van der Waals surface area contributed by atoms with Crippen molar-refractivity contribution in [2.24, 2.45) is 0 Å². The van der Waals surface area contributed by atoms with E-state index in [0.29, 0.717) is 11.4 Å². The van der Waals surface area contributed by atoms with Crippen LogP contribution in [-0.4, -0.2) is 19.2 Å². The number of nitrogens with zero attached hydrogens (tertiary/aromatic N) is 1. The predicted octanol–water partition coefficient (Wildman–Crippen LogP) is 4.41. The molecule has 10 heteroatoms. The minimum absolute atomic E-state index is 0.0220. The molecule has 0 aliphatic carbocycles. The Morgan fingerprint density at radius 1 is 0.931 bits per heavy atom. The summed E-state index contributed by atoms with van der Waals surface area (Å²) in [6, 6.07) is 17.6. The molecule has 0 aliphatic heterocycles. The molecule has 0 spiro atoms. The number of amides is 1. The van der Waals surface area contributed by atoms with Gasteiger partial charge in [-0.15, -0.1) is 0 Å². The molecule has 3 aromatic carbocycles. The molecule has 29 heavy (non-hydrogen) atoms. The van der Waals surface area contributed by atoms with Gasteiger partial charge in [-0.25, -0.2) is 8.42 Å². The quantitative estimate of drug-likeness (QED) is 0.404. The van der Waals surface area contributed by atoms with Crippen molar-refractivity contribution in [1.29, 1.82) is 0 Å². The molecule has 0 heterocycles.